The lowest BCUT2D eigenvalue weighted by atomic mass is 10.1. The van der Waals surface area contributed by atoms with Crippen LogP contribution in [0.15, 0.2) is 0 Å². The van der Waals surface area contributed by atoms with Gasteiger partial charge < -0.3 is 4.90 Å². The van der Waals surface area contributed by atoms with Crippen LogP contribution in [0.2, 0.25) is 0 Å². The highest BCUT2D eigenvalue weighted by Gasteiger charge is 2.36. The smallest absolute Gasteiger partial charge is 0.00138 e. The summed E-state index contributed by atoms with van der Waals surface area (Å²) in [6, 6.07) is 0. The Hall–Kier alpha value is -0.0400. The van der Waals surface area contributed by atoms with Crippen molar-refractivity contribution < 1.29 is 0 Å². The van der Waals surface area contributed by atoms with Crippen LogP contribution in [0.5, 0.6) is 0 Å². The molecule has 0 aromatic rings. The predicted molar refractivity (Wildman–Crippen MR) is 49.7 cm³/mol. The Morgan fingerprint density at radius 1 is 1.18 bits per heavy atom. The molecule has 0 amide bonds. The maximum Gasteiger partial charge on any atom is -0.00138 e. The molecule has 0 bridgehead atoms. The second kappa shape index (κ2) is 3.57. The van der Waals surface area contributed by atoms with Crippen molar-refractivity contribution in [3.63, 3.8) is 0 Å². The van der Waals surface area contributed by atoms with Crippen molar-refractivity contribution in [3.8, 4) is 0 Å². The average Bonchev–Trinajstić information content (AvgIpc) is 2.71. The molecule has 0 heterocycles. The number of rotatable bonds is 5. The van der Waals surface area contributed by atoms with Gasteiger partial charge in [-0.05, 0) is 44.3 Å². The summed E-state index contributed by atoms with van der Waals surface area (Å²) in [5.41, 5.74) is 0.739. The standard InChI is InChI=1S/C10H21N/c1-4-11(5-2)9-8-10(3)6-7-10/h4-9H2,1-3H3. The molecule has 11 heavy (non-hydrogen) atoms. The first-order chi connectivity index (χ1) is 5.20. The molecule has 1 heteroatoms. The van der Waals surface area contributed by atoms with E-state index in [2.05, 4.69) is 25.7 Å². The molecule has 66 valence electrons. The molecule has 1 saturated carbocycles. The quantitative estimate of drug-likeness (QED) is 0.589. The van der Waals surface area contributed by atoms with Gasteiger partial charge in [0.2, 0.25) is 0 Å². The third kappa shape index (κ3) is 2.82. The molecule has 0 saturated heterocycles. The largest absolute Gasteiger partial charge is 0.304 e. The van der Waals surface area contributed by atoms with Crippen LogP contribution in [-0.4, -0.2) is 24.5 Å². The van der Waals surface area contributed by atoms with Crippen LogP contribution >= 0.6 is 0 Å². The summed E-state index contributed by atoms with van der Waals surface area (Å²) < 4.78 is 0. The molecule has 1 fully saturated rings. The number of nitrogens with zero attached hydrogens (tertiary/aromatic N) is 1. The van der Waals surface area contributed by atoms with Crippen molar-refractivity contribution >= 4 is 0 Å². The average molecular weight is 155 g/mol. The zero-order valence-corrected chi connectivity index (χ0v) is 8.19. The van der Waals surface area contributed by atoms with E-state index in [-0.39, 0.29) is 0 Å². The highest BCUT2D eigenvalue weighted by molar-refractivity contribution is 4.88. The van der Waals surface area contributed by atoms with E-state index in [0.29, 0.717) is 0 Å². The Bertz CT molecular complexity index is 112. The highest BCUT2D eigenvalue weighted by atomic mass is 15.1. The minimum absolute atomic E-state index is 0.739. The van der Waals surface area contributed by atoms with Gasteiger partial charge in [0.1, 0.15) is 0 Å². The summed E-state index contributed by atoms with van der Waals surface area (Å²) >= 11 is 0. The van der Waals surface area contributed by atoms with Crippen LogP contribution in [0, 0.1) is 5.41 Å². The second-order valence-corrected chi connectivity index (χ2v) is 4.09. The van der Waals surface area contributed by atoms with E-state index >= 15 is 0 Å². The summed E-state index contributed by atoms with van der Waals surface area (Å²) in [5, 5.41) is 0. The van der Waals surface area contributed by atoms with E-state index in [9.17, 15) is 0 Å². The van der Waals surface area contributed by atoms with Crippen LogP contribution < -0.4 is 0 Å². The maximum absolute atomic E-state index is 2.52. The van der Waals surface area contributed by atoms with Gasteiger partial charge in [0, 0.05) is 0 Å². The van der Waals surface area contributed by atoms with Crippen LogP contribution in [0.3, 0.4) is 0 Å². The van der Waals surface area contributed by atoms with Gasteiger partial charge in [-0.1, -0.05) is 20.8 Å². The Kier molecular flexibility index (Phi) is 2.94. The first-order valence-electron chi connectivity index (χ1n) is 4.92. The molecular weight excluding hydrogens is 134 g/mol. The molecule has 1 nitrogen and oxygen atoms in total. The molecule has 0 N–H and O–H groups in total. The monoisotopic (exact) mass is 155 g/mol. The Morgan fingerprint density at radius 2 is 1.73 bits per heavy atom. The minimum atomic E-state index is 0.739. The summed E-state index contributed by atoms with van der Waals surface area (Å²) in [5.74, 6) is 0. The van der Waals surface area contributed by atoms with E-state index in [4.69, 9.17) is 0 Å². The van der Waals surface area contributed by atoms with E-state index < -0.39 is 0 Å². The van der Waals surface area contributed by atoms with E-state index in [1.54, 1.807) is 0 Å². The number of hydrogen-bond acceptors (Lipinski definition) is 1. The lowest BCUT2D eigenvalue weighted by molar-refractivity contribution is 0.274. The molecule has 0 spiro atoms. The first-order valence-corrected chi connectivity index (χ1v) is 4.92. The highest BCUT2D eigenvalue weighted by Crippen LogP contribution is 2.47. The third-order valence-electron chi connectivity index (χ3n) is 3.03. The van der Waals surface area contributed by atoms with Crippen molar-refractivity contribution in [2.75, 3.05) is 19.6 Å². The first kappa shape index (κ1) is 9.05. The van der Waals surface area contributed by atoms with Crippen LogP contribution in [-0.2, 0) is 0 Å². The summed E-state index contributed by atoms with van der Waals surface area (Å²) in [7, 11) is 0. The fourth-order valence-corrected chi connectivity index (χ4v) is 1.43. The fraction of sp³-hybridized carbons (Fsp3) is 1.00. The van der Waals surface area contributed by atoms with Crippen molar-refractivity contribution in [1.29, 1.82) is 0 Å². The molecule has 1 aliphatic rings. The SMILES string of the molecule is CCN(CC)CCC1(C)CC1. The molecular formula is C10H21N. The Morgan fingerprint density at radius 3 is 2.09 bits per heavy atom. The van der Waals surface area contributed by atoms with E-state index in [1.165, 1.54) is 38.9 Å². The third-order valence-corrected chi connectivity index (χ3v) is 3.03. The molecule has 0 aromatic heterocycles. The van der Waals surface area contributed by atoms with Crippen molar-refractivity contribution in [2.45, 2.75) is 40.0 Å². The predicted octanol–water partition coefficient (Wildman–Crippen LogP) is 2.52. The topological polar surface area (TPSA) is 3.24 Å². The summed E-state index contributed by atoms with van der Waals surface area (Å²) in [6.07, 6.45) is 4.34. The summed E-state index contributed by atoms with van der Waals surface area (Å²) in [4.78, 5) is 2.52. The van der Waals surface area contributed by atoms with Gasteiger partial charge in [-0.3, -0.25) is 0 Å². The van der Waals surface area contributed by atoms with Gasteiger partial charge in [0.05, 0.1) is 0 Å². The van der Waals surface area contributed by atoms with Gasteiger partial charge in [0.25, 0.3) is 0 Å². The number of hydrogen-bond donors (Lipinski definition) is 0. The minimum Gasteiger partial charge on any atom is -0.304 e. The zero-order chi connectivity index (χ0) is 8.32. The van der Waals surface area contributed by atoms with Gasteiger partial charge in [-0.15, -0.1) is 0 Å². The zero-order valence-electron chi connectivity index (χ0n) is 8.19. The lowest BCUT2D eigenvalue weighted by Crippen LogP contribution is -2.25. The van der Waals surface area contributed by atoms with E-state index in [0.717, 1.165) is 5.41 Å². The van der Waals surface area contributed by atoms with Gasteiger partial charge in [-0.25, -0.2) is 0 Å². The second-order valence-electron chi connectivity index (χ2n) is 4.09. The Labute approximate surface area is 70.8 Å². The van der Waals surface area contributed by atoms with Crippen molar-refractivity contribution in [1.82, 2.24) is 4.90 Å². The van der Waals surface area contributed by atoms with Crippen LogP contribution in [0.4, 0.5) is 0 Å². The molecule has 0 aromatic carbocycles. The molecule has 1 aliphatic carbocycles. The van der Waals surface area contributed by atoms with E-state index in [1.807, 2.05) is 0 Å². The lowest BCUT2D eigenvalue weighted by Gasteiger charge is -2.19. The van der Waals surface area contributed by atoms with Gasteiger partial charge >= 0.3 is 0 Å². The molecule has 0 aliphatic heterocycles. The molecule has 0 unspecified atom stereocenters. The van der Waals surface area contributed by atoms with Gasteiger partial charge in [-0.2, -0.15) is 0 Å². The van der Waals surface area contributed by atoms with Crippen LogP contribution in [0.25, 0.3) is 0 Å². The molecule has 0 atom stereocenters. The van der Waals surface area contributed by atoms with Crippen molar-refractivity contribution in [2.24, 2.45) is 5.41 Å². The van der Waals surface area contributed by atoms with Crippen molar-refractivity contribution in [3.05, 3.63) is 0 Å². The maximum atomic E-state index is 2.52. The molecule has 0 radical (unpaired) electrons. The normalized spacial score (nSPS) is 20.7. The van der Waals surface area contributed by atoms with Gasteiger partial charge in [0.15, 0.2) is 0 Å². The van der Waals surface area contributed by atoms with Crippen LogP contribution in [0.1, 0.15) is 40.0 Å². The fourth-order valence-electron chi connectivity index (χ4n) is 1.43. The Balaban J connectivity index is 2.09. The summed E-state index contributed by atoms with van der Waals surface area (Å²) in [6.45, 7) is 10.6. The molecule has 1 rings (SSSR count).